The van der Waals surface area contributed by atoms with Crippen LogP contribution in [0.3, 0.4) is 0 Å². The Morgan fingerprint density at radius 2 is 1.76 bits per heavy atom. The molecule has 1 aromatic rings. The highest BCUT2D eigenvalue weighted by Crippen LogP contribution is 2.30. The number of amides is 2. The third-order valence-electron chi connectivity index (χ3n) is 6.07. The summed E-state index contributed by atoms with van der Waals surface area (Å²) in [6, 6.07) is 6.13. The second-order valence-corrected chi connectivity index (χ2v) is 8.86. The van der Waals surface area contributed by atoms with Gasteiger partial charge in [0.1, 0.15) is 0 Å². The largest absolute Gasteiger partial charge is 0.371 e. The van der Waals surface area contributed by atoms with E-state index in [0.717, 1.165) is 68.9 Å². The summed E-state index contributed by atoms with van der Waals surface area (Å²) in [6.07, 6.45) is 10.6. The van der Waals surface area contributed by atoms with E-state index in [1.165, 1.54) is 19.3 Å². The van der Waals surface area contributed by atoms with E-state index < -0.39 is 0 Å². The van der Waals surface area contributed by atoms with E-state index in [2.05, 4.69) is 29.4 Å². The fourth-order valence-corrected chi connectivity index (χ4v) is 3.92. The van der Waals surface area contributed by atoms with E-state index in [1.807, 2.05) is 18.2 Å². The third-order valence-corrected chi connectivity index (χ3v) is 6.07. The lowest BCUT2D eigenvalue weighted by molar-refractivity contribution is -0.116. The number of rotatable bonds is 10. The molecule has 5 heteroatoms. The van der Waals surface area contributed by atoms with E-state index in [9.17, 15) is 9.59 Å². The molecule has 1 aliphatic heterocycles. The van der Waals surface area contributed by atoms with Crippen LogP contribution >= 0.6 is 0 Å². The van der Waals surface area contributed by atoms with Crippen LogP contribution < -0.4 is 15.5 Å². The average Bonchev–Trinajstić information content (AvgIpc) is 3.52. The van der Waals surface area contributed by atoms with Crippen LogP contribution in [0.5, 0.6) is 0 Å². The Labute approximate surface area is 175 Å². The molecule has 29 heavy (non-hydrogen) atoms. The number of carbonyl (C=O) groups excluding carboxylic acids is 2. The number of carbonyl (C=O) groups is 2. The molecule has 0 spiro atoms. The maximum Gasteiger partial charge on any atom is 0.253 e. The molecule has 2 N–H and O–H groups in total. The highest BCUT2D eigenvalue weighted by Gasteiger charge is 2.27. The Hall–Kier alpha value is -2.04. The van der Waals surface area contributed by atoms with Crippen molar-refractivity contribution in [3.63, 3.8) is 0 Å². The molecule has 2 aliphatic rings. The van der Waals surface area contributed by atoms with Gasteiger partial charge < -0.3 is 15.5 Å². The van der Waals surface area contributed by atoms with Crippen molar-refractivity contribution in [3.05, 3.63) is 23.8 Å². The minimum absolute atomic E-state index is 0.0169. The topological polar surface area (TPSA) is 61.4 Å². The van der Waals surface area contributed by atoms with Crippen LogP contribution in [0.15, 0.2) is 18.2 Å². The summed E-state index contributed by atoms with van der Waals surface area (Å²) in [4.78, 5) is 27.5. The zero-order valence-corrected chi connectivity index (χ0v) is 18.1. The number of nitrogens with zero attached hydrogens (tertiary/aromatic N) is 1. The van der Waals surface area contributed by atoms with Crippen molar-refractivity contribution in [3.8, 4) is 0 Å². The minimum atomic E-state index is -0.0169. The van der Waals surface area contributed by atoms with Crippen LogP contribution in [0.1, 0.15) is 88.4 Å². The van der Waals surface area contributed by atoms with Gasteiger partial charge in [-0.05, 0) is 56.2 Å². The van der Waals surface area contributed by atoms with Crippen molar-refractivity contribution in [2.24, 2.45) is 5.92 Å². The molecule has 0 radical (unpaired) electrons. The number of hydrogen-bond donors (Lipinski definition) is 2. The Balaban J connectivity index is 1.65. The first-order valence-corrected chi connectivity index (χ1v) is 11.6. The SMILES string of the molecule is CCCCCCCC(=O)Nc1ccc(N2CCC(C)CC2)c(C(=O)NC2CC2)c1. The zero-order valence-electron chi connectivity index (χ0n) is 18.1. The van der Waals surface area contributed by atoms with E-state index in [-0.39, 0.29) is 11.8 Å². The molecule has 2 fully saturated rings. The van der Waals surface area contributed by atoms with Gasteiger partial charge in [-0.2, -0.15) is 0 Å². The molecule has 3 rings (SSSR count). The zero-order chi connectivity index (χ0) is 20.6. The van der Waals surface area contributed by atoms with Gasteiger partial charge in [0.2, 0.25) is 5.91 Å². The van der Waals surface area contributed by atoms with Crippen LogP contribution in [-0.4, -0.2) is 30.9 Å². The summed E-state index contributed by atoms with van der Waals surface area (Å²) in [5.74, 6) is 0.761. The van der Waals surface area contributed by atoms with Gasteiger partial charge in [-0.3, -0.25) is 9.59 Å². The van der Waals surface area contributed by atoms with Crippen LogP contribution in [0.25, 0.3) is 0 Å². The molecule has 0 bridgehead atoms. The lowest BCUT2D eigenvalue weighted by Crippen LogP contribution is -2.35. The predicted molar refractivity (Wildman–Crippen MR) is 120 cm³/mol. The fraction of sp³-hybridized carbons (Fsp3) is 0.667. The fourth-order valence-electron chi connectivity index (χ4n) is 3.92. The molecule has 1 saturated heterocycles. The number of nitrogens with one attached hydrogen (secondary N) is 2. The molecule has 1 aromatic carbocycles. The van der Waals surface area contributed by atoms with Crippen LogP contribution in [0.2, 0.25) is 0 Å². The van der Waals surface area contributed by atoms with Gasteiger partial charge in [0.25, 0.3) is 5.91 Å². The predicted octanol–water partition coefficient (Wildman–Crippen LogP) is 5.11. The number of benzene rings is 1. The molecular formula is C24H37N3O2. The van der Waals surface area contributed by atoms with Gasteiger partial charge in [-0.25, -0.2) is 0 Å². The van der Waals surface area contributed by atoms with Crippen molar-refractivity contribution < 1.29 is 9.59 Å². The Morgan fingerprint density at radius 3 is 2.45 bits per heavy atom. The van der Waals surface area contributed by atoms with E-state index in [0.29, 0.717) is 18.0 Å². The molecule has 1 heterocycles. The summed E-state index contributed by atoms with van der Waals surface area (Å²) >= 11 is 0. The minimum Gasteiger partial charge on any atom is -0.371 e. The monoisotopic (exact) mass is 399 g/mol. The van der Waals surface area contributed by atoms with Crippen LogP contribution in [0.4, 0.5) is 11.4 Å². The molecule has 2 amide bonds. The van der Waals surface area contributed by atoms with Crippen molar-refractivity contribution in [2.75, 3.05) is 23.3 Å². The van der Waals surface area contributed by atoms with Gasteiger partial charge in [0.15, 0.2) is 0 Å². The van der Waals surface area contributed by atoms with Crippen molar-refractivity contribution in [1.29, 1.82) is 0 Å². The number of anilines is 2. The second-order valence-electron chi connectivity index (χ2n) is 8.86. The molecule has 1 aliphatic carbocycles. The average molecular weight is 400 g/mol. The highest BCUT2D eigenvalue weighted by atomic mass is 16.2. The summed E-state index contributed by atoms with van der Waals surface area (Å²) < 4.78 is 0. The molecule has 1 saturated carbocycles. The van der Waals surface area contributed by atoms with Crippen molar-refractivity contribution in [2.45, 2.75) is 84.1 Å². The highest BCUT2D eigenvalue weighted by molar-refractivity contribution is 6.02. The lowest BCUT2D eigenvalue weighted by atomic mass is 9.97. The number of hydrogen-bond acceptors (Lipinski definition) is 3. The molecule has 0 aromatic heterocycles. The first-order chi connectivity index (χ1) is 14.1. The summed E-state index contributed by atoms with van der Waals surface area (Å²) in [5, 5.41) is 6.11. The first kappa shape index (κ1) is 21.7. The smallest absolute Gasteiger partial charge is 0.253 e. The normalized spacial score (nSPS) is 17.2. The third kappa shape index (κ3) is 6.76. The number of piperidine rings is 1. The maximum atomic E-state index is 12.9. The van der Waals surface area contributed by atoms with Crippen LogP contribution in [0, 0.1) is 5.92 Å². The van der Waals surface area contributed by atoms with Crippen molar-refractivity contribution in [1.82, 2.24) is 5.32 Å². The maximum absolute atomic E-state index is 12.9. The van der Waals surface area contributed by atoms with Crippen molar-refractivity contribution >= 4 is 23.2 Å². The molecule has 160 valence electrons. The van der Waals surface area contributed by atoms with Gasteiger partial charge in [-0.1, -0.05) is 39.5 Å². The van der Waals surface area contributed by atoms with E-state index in [4.69, 9.17) is 0 Å². The first-order valence-electron chi connectivity index (χ1n) is 11.6. The molecule has 5 nitrogen and oxygen atoms in total. The second kappa shape index (κ2) is 10.7. The Kier molecular flexibility index (Phi) is 7.96. The van der Waals surface area contributed by atoms with E-state index >= 15 is 0 Å². The van der Waals surface area contributed by atoms with Gasteiger partial charge >= 0.3 is 0 Å². The summed E-state index contributed by atoms with van der Waals surface area (Å²) in [7, 11) is 0. The van der Waals surface area contributed by atoms with Crippen LogP contribution in [-0.2, 0) is 4.79 Å². The van der Waals surface area contributed by atoms with Gasteiger partial charge in [0, 0.05) is 36.9 Å². The Morgan fingerprint density at radius 1 is 1.03 bits per heavy atom. The summed E-state index contributed by atoms with van der Waals surface area (Å²) in [5.41, 5.74) is 2.40. The number of unbranched alkanes of at least 4 members (excludes halogenated alkanes) is 4. The Bertz CT molecular complexity index is 691. The molecule has 0 unspecified atom stereocenters. The molecule has 0 atom stereocenters. The lowest BCUT2D eigenvalue weighted by Gasteiger charge is -2.33. The summed E-state index contributed by atoms with van der Waals surface area (Å²) in [6.45, 7) is 6.44. The quantitative estimate of drug-likeness (QED) is 0.537. The standard InChI is InChI=1S/C24H37N3O2/c1-3-4-5-6-7-8-23(28)25-20-11-12-22(27-15-13-18(2)14-16-27)21(17-20)24(29)26-19-9-10-19/h11-12,17-19H,3-10,13-16H2,1-2H3,(H,25,28)(H,26,29). The van der Waals surface area contributed by atoms with Gasteiger partial charge in [-0.15, -0.1) is 0 Å². The molecular weight excluding hydrogens is 362 g/mol. The van der Waals surface area contributed by atoms with E-state index in [1.54, 1.807) is 0 Å². The van der Waals surface area contributed by atoms with Gasteiger partial charge in [0.05, 0.1) is 5.56 Å².